The summed E-state index contributed by atoms with van der Waals surface area (Å²) in [5.74, 6) is 0. The van der Waals surface area contributed by atoms with E-state index in [4.69, 9.17) is 5.73 Å². The summed E-state index contributed by atoms with van der Waals surface area (Å²) in [6, 6.07) is 3.94. The first-order valence-electron chi connectivity index (χ1n) is 5.27. The molecule has 0 aromatic carbocycles. The number of anilines is 1. The van der Waals surface area contributed by atoms with Crippen LogP contribution in [0.2, 0.25) is 0 Å². The number of piperidine rings is 1. The van der Waals surface area contributed by atoms with Crippen molar-refractivity contribution < 1.29 is 0 Å². The van der Waals surface area contributed by atoms with Crippen LogP contribution in [0.25, 0.3) is 0 Å². The minimum Gasteiger partial charge on any atom is -0.397 e. The van der Waals surface area contributed by atoms with Gasteiger partial charge < -0.3 is 5.73 Å². The van der Waals surface area contributed by atoms with Gasteiger partial charge in [-0.2, -0.15) is 0 Å². The lowest BCUT2D eigenvalue weighted by atomic mass is 10.1. The van der Waals surface area contributed by atoms with Gasteiger partial charge in [-0.3, -0.25) is 9.88 Å². The van der Waals surface area contributed by atoms with Crippen LogP contribution in [0.3, 0.4) is 0 Å². The molecule has 0 spiro atoms. The summed E-state index contributed by atoms with van der Waals surface area (Å²) in [4.78, 5) is 6.77. The smallest absolute Gasteiger partial charge is 0.0545 e. The predicted octanol–water partition coefficient (Wildman–Crippen LogP) is 2.49. The number of hydrogen-bond donors (Lipinski definition) is 1. The zero-order valence-electron chi connectivity index (χ0n) is 9.26. The van der Waals surface area contributed by atoms with E-state index in [1.54, 1.807) is 6.20 Å². The number of nitrogen functional groups attached to an aromatic ring is 1. The molecule has 0 saturated carbocycles. The first-order chi connectivity index (χ1) is 6.84. The highest BCUT2D eigenvalue weighted by molar-refractivity contribution is 5.85. The second-order valence-corrected chi connectivity index (χ2v) is 3.92. The summed E-state index contributed by atoms with van der Waals surface area (Å²) in [6.45, 7) is 3.40. The van der Waals surface area contributed by atoms with Crippen molar-refractivity contribution in [1.82, 2.24) is 9.88 Å². The lowest BCUT2D eigenvalue weighted by Gasteiger charge is -2.25. The maximum Gasteiger partial charge on any atom is 0.0545 e. The second kappa shape index (κ2) is 7.71. The van der Waals surface area contributed by atoms with E-state index in [2.05, 4.69) is 9.88 Å². The Hall–Kier alpha value is -0.510. The lowest BCUT2D eigenvalue weighted by molar-refractivity contribution is 0.218. The molecule has 1 fully saturated rings. The molecule has 3 nitrogen and oxygen atoms in total. The van der Waals surface area contributed by atoms with Crippen molar-refractivity contribution in [3.05, 3.63) is 24.0 Å². The van der Waals surface area contributed by atoms with Crippen LogP contribution in [-0.4, -0.2) is 23.0 Å². The van der Waals surface area contributed by atoms with Crippen LogP contribution < -0.4 is 5.73 Å². The Morgan fingerprint density at radius 1 is 1.12 bits per heavy atom. The molecular formula is C11H19Cl2N3. The van der Waals surface area contributed by atoms with Crippen molar-refractivity contribution in [3.8, 4) is 0 Å². The van der Waals surface area contributed by atoms with Crippen LogP contribution in [0.15, 0.2) is 18.3 Å². The van der Waals surface area contributed by atoms with Gasteiger partial charge in [0, 0.05) is 6.54 Å². The second-order valence-electron chi connectivity index (χ2n) is 3.92. The number of pyridine rings is 1. The van der Waals surface area contributed by atoms with Gasteiger partial charge in [0.05, 0.1) is 17.6 Å². The minimum atomic E-state index is 0. The normalized spacial score (nSPS) is 16.0. The van der Waals surface area contributed by atoms with Crippen molar-refractivity contribution in [2.24, 2.45) is 0 Å². The van der Waals surface area contributed by atoms with Gasteiger partial charge in [-0.25, -0.2) is 0 Å². The number of aromatic nitrogens is 1. The van der Waals surface area contributed by atoms with Crippen molar-refractivity contribution in [2.45, 2.75) is 25.8 Å². The number of hydrogen-bond acceptors (Lipinski definition) is 3. The zero-order chi connectivity index (χ0) is 9.80. The molecule has 1 aliphatic rings. The molecule has 5 heteroatoms. The van der Waals surface area contributed by atoms with Crippen molar-refractivity contribution in [3.63, 3.8) is 0 Å². The van der Waals surface area contributed by atoms with Crippen molar-refractivity contribution in [2.75, 3.05) is 18.8 Å². The highest BCUT2D eigenvalue weighted by Gasteiger charge is 2.10. The van der Waals surface area contributed by atoms with Gasteiger partial charge in [-0.15, -0.1) is 24.8 Å². The van der Waals surface area contributed by atoms with E-state index >= 15 is 0 Å². The molecule has 16 heavy (non-hydrogen) atoms. The molecule has 92 valence electrons. The SMILES string of the molecule is Cl.Cl.Nc1ccc(CN2CCCCC2)nc1. The molecule has 1 aliphatic heterocycles. The van der Waals surface area contributed by atoms with E-state index in [0.29, 0.717) is 0 Å². The van der Waals surface area contributed by atoms with Gasteiger partial charge in [0.1, 0.15) is 0 Å². The van der Waals surface area contributed by atoms with Crippen LogP contribution in [0.5, 0.6) is 0 Å². The highest BCUT2D eigenvalue weighted by atomic mass is 35.5. The van der Waals surface area contributed by atoms with Gasteiger partial charge in [0.15, 0.2) is 0 Å². The fourth-order valence-electron chi connectivity index (χ4n) is 1.88. The first kappa shape index (κ1) is 15.5. The third kappa shape index (κ3) is 4.56. The summed E-state index contributed by atoms with van der Waals surface area (Å²) >= 11 is 0. The Morgan fingerprint density at radius 2 is 1.81 bits per heavy atom. The fraction of sp³-hybridized carbons (Fsp3) is 0.545. The number of nitrogens with two attached hydrogens (primary N) is 1. The van der Waals surface area contributed by atoms with Crippen molar-refractivity contribution in [1.29, 1.82) is 0 Å². The van der Waals surface area contributed by atoms with E-state index in [1.165, 1.54) is 32.4 Å². The third-order valence-corrected chi connectivity index (χ3v) is 2.68. The van der Waals surface area contributed by atoms with Crippen LogP contribution in [0, 0.1) is 0 Å². The molecular weight excluding hydrogens is 245 g/mol. The molecule has 2 heterocycles. The Kier molecular flexibility index (Phi) is 7.47. The van der Waals surface area contributed by atoms with E-state index in [0.717, 1.165) is 17.9 Å². The summed E-state index contributed by atoms with van der Waals surface area (Å²) in [5.41, 5.74) is 7.45. The topological polar surface area (TPSA) is 42.1 Å². The molecule has 0 radical (unpaired) electrons. The minimum absolute atomic E-state index is 0. The Labute approximate surface area is 109 Å². The molecule has 0 amide bonds. The largest absolute Gasteiger partial charge is 0.397 e. The highest BCUT2D eigenvalue weighted by Crippen LogP contribution is 2.12. The summed E-state index contributed by atoms with van der Waals surface area (Å²) in [6.07, 6.45) is 5.77. The van der Waals surface area contributed by atoms with E-state index in [-0.39, 0.29) is 24.8 Å². The molecule has 0 unspecified atom stereocenters. The molecule has 0 aliphatic carbocycles. The Bertz CT molecular complexity index is 284. The average molecular weight is 264 g/mol. The standard InChI is InChI=1S/C11H17N3.2ClH/c12-10-4-5-11(13-8-10)9-14-6-2-1-3-7-14;;/h4-5,8H,1-3,6-7,9,12H2;2*1H. The first-order valence-corrected chi connectivity index (χ1v) is 5.27. The van der Waals surface area contributed by atoms with E-state index < -0.39 is 0 Å². The van der Waals surface area contributed by atoms with Crippen LogP contribution in [-0.2, 0) is 6.54 Å². The summed E-state index contributed by atoms with van der Waals surface area (Å²) in [7, 11) is 0. The molecule has 0 bridgehead atoms. The van der Waals surface area contributed by atoms with E-state index in [1.807, 2.05) is 12.1 Å². The third-order valence-electron chi connectivity index (χ3n) is 2.68. The van der Waals surface area contributed by atoms with Gasteiger partial charge in [-0.05, 0) is 38.1 Å². The fourth-order valence-corrected chi connectivity index (χ4v) is 1.88. The monoisotopic (exact) mass is 263 g/mol. The van der Waals surface area contributed by atoms with Crippen LogP contribution in [0.4, 0.5) is 5.69 Å². The average Bonchev–Trinajstić information content (AvgIpc) is 2.23. The summed E-state index contributed by atoms with van der Waals surface area (Å²) < 4.78 is 0. The van der Waals surface area contributed by atoms with Gasteiger partial charge in [0.2, 0.25) is 0 Å². The number of nitrogens with zero attached hydrogens (tertiary/aromatic N) is 2. The molecule has 1 aromatic heterocycles. The lowest BCUT2D eigenvalue weighted by Crippen LogP contribution is -2.29. The van der Waals surface area contributed by atoms with Gasteiger partial charge in [0.25, 0.3) is 0 Å². The molecule has 1 aromatic rings. The van der Waals surface area contributed by atoms with E-state index in [9.17, 15) is 0 Å². The van der Waals surface area contributed by atoms with Crippen LogP contribution >= 0.6 is 24.8 Å². The maximum atomic E-state index is 5.58. The Morgan fingerprint density at radius 3 is 2.38 bits per heavy atom. The van der Waals surface area contributed by atoms with Gasteiger partial charge in [-0.1, -0.05) is 6.42 Å². The van der Waals surface area contributed by atoms with Crippen LogP contribution in [0.1, 0.15) is 25.0 Å². The van der Waals surface area contributed by atoms with Gasteiger partial charge >= 0.3 is 0 Å². The molecule has 2 N–H and O–H groups in total. The number of rotatable bonds is 2. The Balaban J connectivity index is 0.00000112. The molecule has 2 rings (SSSR count). The number of likely N-dealkylation sites (tertiary alicyclic amines) is 1. The maximum absolute atomic E-state index is 5.58. The number of halogens is 2. The molecule has 0 atom stereocenters. The predicted molar refractivity (Wildman–Crippen MR) is 72.3 cm³/mol. The summed E-state index contributed by atoms with van der Waals surface area (Å²) in [5, 5.41) is 0. The van der Waals surface area contributed by atoms with Crippen molar-refractivity contribution >= 4 is 30.5 Å². The quantitative estimate of drug-likeness (QED) is 0.892. The zero-order valence-corrected chi connectivity index (χ0v) is 10.9. The molecule has 1 saturated heterocycles.